The van der Waals surface area contributed by atoms with Gasteiger partial charge in [-0.3, -0.25) is 0 Å². The van der Waals surface area contributed by atoms with E-state index in [1.807, 2.05) is 24.3 Å². The van der Waals surface area contributed by atoms with Gasteiger partial charge in [0.2, 0.25) is 6.79 Å². The zero-order valence-corrected chi connectivity index (χ0v) is 12.1. The van der Waals surface area contributed by atoms with Gasteiger partial charge in [0.05, 0.1) is 18.8 Å². The fraction of sp³-hybridized carbons (Fsp3) is 0.222. The molecule has 2 aromatic carbocycles. The van der Waals surface area contributed by atoms with Gasteiger partial charge in [-0.2, -0.15) is 0 Å². The lowest BCUT2D eigenvalue weighted by atomic mass is 9.89. The van der Waals surface area contributed by atoms with Crippen molar-refractivity contribution in [2.45, 2.75) is 12.0 Å². The minimum Gasteiger partial charge on any atom is -0.492 e. The van der Waals surface area contributed by atoms with Gasteiger partial charge in [0.1, 0.15) is 23.2 Å². The molecule has 0 unspecified atom stereocenters. The van der Waals surface area contributed by atoms with Gasteiger partial charge >= 0.3 is 0 Å². The molecule has 3 aliphatic rings. The smallest absolute Gasteiger partial charge is 0.231 e. The second kappa shape index (κ2) is 3.93. The quantitative estimate of drug-likeness (QED) is 0.632. The Kier molecular flexibility index (Phi) is 2.00. The largest absolute Gasteiger partial charge is 0.492 e. The number of hydrogen-bond donors (Lipinski definition) is 0. The summed E-state index contributed by atoms with van der Waals surface area (Å²) in [6.07, 6.45) is 1.65. The molecule has 3 aromatic rings. The van der Waals surface area contributed by atoms with Gasteiger partial charge in [0.25, 0.3) is 0 Å². The summed E-state index contributed by atoms with van der Waals surface area (Å²) >= 11 is 0. The zero-order valence-electron chi connectivity index (χ0n) is 12.1. The van der Waals surface area contributed by atoms with E-state index in [9.17, 15) is 0 Å². The van der Waals surface area contributed by atoms with Gasteiger partial charge in [-0.1, -0.05) is 0 Å². The van der Waals surface area contributed by atoms with Gasteiger partial charge in [-0.15, -0.1) is 0 Å². The molecule has 3 aliphatic heterocycles. The van der Waals surface area contributed by atoms with Gasteiger partial charge in [-0.25, -0.2) is 0 Å². The molecule has 0 N–H and O–H groups in total. The Balaban J connectivity index is 1.51. The predicted octanol–water partition coefficient (Wildman–Crippen LogP) is 3.77. The van der Waals surface area contributed by atoms with E-state index in [4.69, 9.17) is 23.4 Å². The second-order valence-corrected chi connectivity index (χ2v) is 6.05. The van der Waals surface area contributed by atoms with Crippen LogP contribution in [0.15, 0.2) is 41.0 Å². The summed E-state index contributed by atoms with van der Waals surface area (Å²) in [5, 5.41) is 1.06. The Labute approximate surface area is 131 Å². The van der Waals surface area contributed by atoms with Crippen molar-refractivity contribution >= 4 is 11.0 Å². The Morgan fingerprint density at radius 1 is 0.826 bits per heavy atom. The molecular formula is C18H12O5. The summed E-state index contributed by atoms with van der Waals surface area (Å²) in [4.78, 5) is 0. The zero-order chi connectivity index (χ0) is 15.0. The van der Waals surface area contributed by atoms with E-state index in [2.05, 4.69) is 6.07 Å². The first-order valence-corrected chi connectivity index (χ1v) is 7.61. The maximum atomic E-state index is 6.24. The second-order valence-electron chi connectivity index (χ2n) is 6.05. The first kappa shape index (κ1) is 11.7. The molecule has 5 heteroatoms. The molecule has 0 amide bonds. The van der Waals surface area contributed by atoms with E-state index in [0.29, 0.717) is 6.61 Å². The predicted molar refractivity (Wildman–Crippen MR) is 80.4 cm³/mol. The van der Waals surface area contributed by atoms with Crippen molar-refractivity contribution in [3.8, 4) is 23.0 Å². The third kappa shape index (κ3) is 1.46. The highest BCUT2D eigenvalue weighted by atomic mass is 16.7. The van der Waals surface area contributed by atoms with Crippen LogP contribution in [0.4, 0.5) is 0 Å². The van der Waals surface area contributed by atoms with Crippen LogP contribution in [0.1, 0.15) is 23.1 Å². The number of hydrogen-bond acceptors (Lipinski definition) is 5. The highest BCUT2D eigenvalue weighted by Gasteiger charge is 2.42. The number of furan rings is 1. The Morgan fingerprint density at radius 2 is 1.74 bits per heavy atom. The summed E-state index contributed by atoms with van der Waals surface area (Å²) in [6.45, 7) is 0.848. The van der Waals surface area contributed by atoms with E-state index >= 15 is 0 Å². The van der Waals surface area contributed by atoms with Crippen molar-refractivity contribution in [3.05, 3.63) is 47.7 Å². The molecule has 5 nitrogen and oxygen atoms in total. The maximum Gasteiger partial charge on any atom is 0.231 e. The molecule has 0 radical (unpaired) electrons. The van der Waals surface area contributed by atoms with Crippen molar-refractivity contribution in [1.82, 2.24) is 0 Å². The van der Waals surface area contributed by atoms with E-state index in [-0.39, 0.29) is 18.8 Å². The van der Waals surface area contributed by atoms with Crippen LogP contribution >= 0.6 is 0 Å². The molecule has 114 valence electrons. The first-order chi connectivity index (χ1) is 11.4. The SMILES string of the molecule is c1cc2cc3c(cc2o1)OC[C@H]1c2cc4c(cc2O[C@@H]31)OCO4. The van der Waals surface area contributed by atoms with E-state index in [0.717, 1.165) is 45.1 Å². The minimum atomic E-state index is -0.0458. The lowest BCUT2D eigenvalue weighted by Gasteiger charge is -2.27. The normalized spacial score (nSPS) is 23.0. The van der Waals surface area contributed by atoms with Gasteiger partial charge in [0, 0.05) is 28.6 Å². The summed E-state index contributed by atoms with van der Waals surface area (Å²) in [6, 6.07) is 9.94. The number of benzene rings is 2. The lowest BCUT2D eigenvalue weighted by Crippen LogP contribution is -2.23. The molecule has 0 saturated heterocycles. The molecule has 0 bridgehead atoms. The lowest BCUT2D eigenvalue weighted by molar-refractivity contribution is 0.139. The molecule has 0 fully saturated rings. The Morgan fingerprint density at radius 3 is 2.70 bits per heavy atom. The molecule has 6 rings (SSSR count). The summed E-state index contributed by atoms with van der Waals surface area (Å²) in [7, 11) is 0. The first-order valence-electron chi connectivity index (χ1n) is 7.61. The van der Waals surface area contributed by atoms with Crippen LogP contribution in [0.3, 0.4) is 0 Å². The highest BCUT2D eigenvalue weighted by Crippen LogP contribution is 2.54. The third-order valence-corrected chi connectivity index (χ3v) is 4.83. The van der Waals surface area contributed by atoms with Crippen LogP contribution in [0.25, 0.3) is 11.0 Å². The van der Waals surface area contributed by atoms with Crippen LogP contribution in [0.2, 0.25) is 0 Å². The molecule has 23 heavy (non-hydrogen) atoms. The van der Waals surface area contributed by atoms with Crippen LogP contribution in [-0.4, -0.2) is 13.4 Å². The van der Waals surface area contributed by atoms with Crippen molar-refractivity contribution in [2.24, 2.45) is 0 Å². The number of fused-ring (bicyclic) bond motifs is 7. The average Bonchev–Trinajstić information content (AvgIpc) is 3.27. The van der Waals surface area contributed by atoms with E-state index in [1.165, 1.54) is 0 Å². The summed E-state index contributed by atoms with van der Waals surface area (Å²) < 4.78 is 28.6. The molecule has 2 atom stereocenters. The van der Waals surface area contributed by atoms with E-state index < -0.39 is 0 Å². The molecule has 0 saturated carbocycles. The maximum absolute atomic E-state index is 6.24. The summed E-state index contributed by atoms with van der Waals surface area (Å²) in [5.41, 5.74) is 3.02. The van der Waals surface area contributed by atoms with Crippen LogP contribution < -0.4 is 18.9 Å². The molecular weight excluding hydrogens is 296 g/mol. The standard InChI is InChI=1S/C18H12O5/c1-2-19-13-5-14-11(3-9(1)13)18-12(7-20-14)10-4-16-17(22-8-21-16)6-15(10)23-18/h1-6,12,18H,7-8H2/t12-,18-/m0/s1. The molecule has 4 heterocycles. The Hall–Kier alpha value is -2.82. The monoisotopic (exact) mass is 308 g/mol. The number of ether oxygens (including phenoxy) is 4. The molecule has 0 spiro atoms. The van der Waals surface area contributed by atoms with Gasteiger partial charge in [-0.05, 0) is 18.2 Å². The van der Waals surface area contributed by atoms with Crippen molar-refractivity contribution in [1.29, 1.82) is 0 Å². The van der Waals surface area contributed by atoms with Crippen LogP contribution in [-0.2, 0) is 0 Å². The summed E-state index contributed by atoms with van der Waals surface area (Å²) in [5.74, 6) is 3.38. The Bertz CT molecular complexity index is 957. The van der Waals surface area contributed by atoms with Crippen LogP contribution in [0.5, 0.6) is 23.0 Å². The van der Waals surface area contributed by atoms with E-state index in [1.54, 1.807) is 6.26 Å². The highest BCUT2D eigenvalue weighted by molar-refractivity contribution is 5.80. The fourth-order valence-corrected chi connectivity index (χ4v) is 3.71. The molecule has 1 aromatic heterocycles. The van der Waals surface area contributed by atoms with Crippen LogP contribution in [0, 0.1) is 0 Å². The average molecular weight is 308 g/mol. The fourth-order valence-electron chi connectivity index (χ4n) is 3.71. The topological polar surface area (TPSA) is 50.1 Å². The van der Waals surface area contributed by atoms with Gasteiger partial charge in [0.15, 0.2) is 11.5 Å². The minimum absolute atomic E-state index is 0.0458. The van der Waals surface area contributed by atoms with Crippen molar-refractivity contribution < 1.29 is 23.4 Å². The van der Waals surface area contributed by atoms with Crippen molar-refractivity contribution in [2.75, 3.05) is 13.4 Å². The van der Waals surface area contributed by atoms with Crippen molar-refractivity contribution in [3.63, 3.8) is 0 Å². The van der Waals surface area contributed by atoms with Gasteiger partial charge < -0.3 is 23.4 Å². The number of rotatable bonds is 0. The third-order valence-electron chi connectivity index (χ3n) is 4.83. The molecule has 0 aliphatic carbocycles.